The van der Waals surface area contributed by atoms with E-state index in [1.165, 1.54) is 5.56 Å². The van der Waals surface area contributed by atoms with Gasteiger partial charge in [-0.3, -0.25) is 4.90 Å². The molecule has 0 aliphatic carbocycles. The molecule has 2 N–H and O–H groups in total. The summed E-state index contributed by atoms with van der Waals surface area (Å²) in [7, 11) is 3.81. The Kier molecular flexibility index (Phi) is 5.63. The van der Waals surface area contributed by atoms with Gasteiger partial charge in [-0.15, -0.1) is 0 Å². The molecule has 0 spiro atoms. The Morgan fingerprint density at radius 1 is 1.39 bits per heavy atom. The highest BCUT2D eigenvalue weighted by atomic mass is 79.9. The minimum Gasteiger partial charge on any atom is -0.496 e. The number of benzene rings is 1. The van der Waals surface area contributed by atoms with Crippen LogP contribution in [0, 0.1) is 0 Å². The predicted octanol–water partition coefficient (Wildman–Crippen LogP) is 3.02. The quantitative estimate of drug-likeness (QED) is 0.877. The fourth-order valence-corrected chi connectivity index (χ4v) is 2.43. The zero-order chi connectivity index (χ0) is 13.8. The van der Waals surface area contributed by atoms with Gasteiger partial charge in [-0.25, -0.2) is 0 Å². The first-order valence-corrected chi connectivity index (χ1v) is 6.93. The van der Waals surface area contributed by atoms with Gasteiger partial charge >= 0.3 is 0 Å². The maximum absolute atomic E-state index is 5.66. The second-order valence-electron chi connectivity index (χ2n) is 5.18. The van der Waals surface area contributed by atoms with Crippen molar-refractivity contribution in [2.45, 2.75) is 32.4 Å². The van der Waals surface area contributed by atoms with Crippen LogP contribution < -0.4 is 10.5 Å². The minimum absolute atomic E-state index is 0.112. The van der Waals surface area contributed by atoms with Gasteiger partial charge < -0.3 is 10.5 Å². The summed E-state index contributed by atoms with van der Waals surface area (Å²) in [6.45, 7) is 6.05. The monoisotopic (exact) mass is 314 g/mol. The van der Waals surface area contributed by atoms with Crippen molar-refractivity contribution in [3.63, 3.8) is 0 Å². The number of rotatable bonds is 6. The third-order valence-electron chi connectivity index (χ3n) is 3.43. The van der Waals surface area contributed by atoms with Crippen molar-refractivity contribution in [3.05, 3.63) is 28.2 Å². The number of ether oxygens (including phenoxy) is 1. The SMILES string of the molecule is COc1ccc(CN(C)C(C)(C)CCN)cc1Br. The molecule has 0 atom stereocenters. The van der Waals surface area contributed by atoms with Gasteiger partial charge in [0.1, 0.15) is 5.75 Å². The Hall–Kier alpha value is -0.580. The molecule has 1 rings (SSSR count). The van der Waals surface area contributed by atoms with Crippen molar-refractivity contribution >= 4 is 15.9 Å². The van der Waals surface area contributed by atoms with Gasteiger partial charge in [-0.2, -0.15) is 0 Å². The maximum atomic E-state index is 5.66. The number of nitrogens with zero attached hydrogens (tertiary/aromatic N) is 1. The third kappa shape index (κ3) is 3.97. The average molecular weight is 315 g/mol. The molecule has 102 valence electrons. The molecule has 0 amide bonds. The molecule has 0 saturated carbocycles. The summed E-state index contributed by atoms with van der Waals surface area (Å²) in [5.74, 6) is 0.864. The van der Waals surface area contributed by atoms with Gasteiger partial charge in [0.25, 0.3) is 0 Å². The second kappa shape index (κ2) is 6.55. The molecule has 0 unspecified atom stereocenters. The molecule has 0 heterocycles. The molecule has 1 aromatic rings. The Morgan fingerprint density at radius 3 is 2.56 bits per heavy atom. The van der Waals surface area contributed by atoms with E-state index in [1.807, 2.05) is 6.07 Å². The highest BCUT2D eigenvalue weighted by molar-refractivity contribution is 9.10. The van der Waals surface area contributed by atoms with Crippen molar-refractivity contribution in [2.75, 3.05) is 20.7 Å². The molecule has 0 saturated heterocycles. The lowest BCUT2D eigenvalue weighted by atomic mass is 9.98. The van der Waals surface area contributed by atoms with Crippen LogP contribution >= 0.6 is 15.9 Å². The van der Waals surface area contributed by atoms with Crippen LogP contribution in [0.1, 0.15) is 25.8 Å². The number of hydrogen-bond acceptors (Lipinski definition) is 3. The summed E-state index contributed by atoms with van der Waals surface area (Å²) in [5, 5.41) is 0. The first kappa shape index (κ1) is 15.5. The van der Waals surface area contributed by atoms with E-state index in [2.05, 4.69) is 53.9 Å². The van der Waals surface area contributed by atoms with Crippen LogP contribution in [-0.4, -0.2) is 31.1 Å². The Morgan fingerprint density at radius 2 is 2.06 bits per heavy atom. The maximum Gasteiger partial charge on any atom is 0.133 e. The van der Waals surface area contributed by atoms with Crippen LogP contribution in [0.2, 0.25) is 0 Å². The second-order valence-corrected chi connectivity index (χ2v) is 6.03. The van der Waals surface area contributed by atoms with Crippen LogP contribution in [0.5, 0.6) is 5.75 Å². The minimum atomic E-state index is 0.112. The number of halogens is 1. The van der Waals surface area contributed by atoms with Crippen molar-refractivity contribution in [3.8, 4) is 5.75 Å². The zero-order valence-electron chi connectivity index (χ0n) is 11.7. The molecule has 18 heavy (non-hydrogen) atoms. The van der Waals surface area contributed by atoms with Crippen LogP contribution in [0.25, 0.3) is 0 Å². The van der Waals surface area contributed by atoms with Crippen LogP contribution in [0.15, 0.2) is 22.7 Å². The largest absolute Gasteiger partial charge is 0.496 e. The fraction of sp³-hybridized carbons (Fsp3) is 0.571. The zero-order valence-corrected chi connectivity index (χ0v) is 13.3. The van der Waals surface area contributed by atoms with Crippen LogP contribution in [0.4, 0.5) is 0 Å². The molecule has 0 aliphatic heterocycles. The van der Waals surface area contributed by atoms with Gasteiger partial charge in [0.05, 0.1) is 11.6 Å². The van der Waals surface area contributed by atoms with E-state index in [9.17, 15) is 0 Å². The number of hydrogen-bond donors (Lipinski definition) is 1. The van der Waals surface area contributed by atoms with Crippen molar-refractivity contribution < 1.29 is 4.74 Å². The Balaban J connectivity index is 2.76. The molecule has 3 nitrogen and oxygen atoms in total. The van der Waals surface area contributed by atoms with Gasteiger partial charge in [-0.05, 0) is 67.5 Å². The van der Waals surface area contributed by atoms with Gasteiger partial charge in [0.2, 0.25) is 0 Å². The first-order chi connectivity index (χ1) is 8.40. The normalized spacial score (nSPS) is 11.9. The molecular formula is C14H23BrN2O. The Bertz CT molecular complexity index is 393. The summed E-state index contributed by atoms with van der Waals surface area (Å²) in [6.07, 6.45) is 0.987. The van der Waals surface area contributed by atoms with Crippen molar-refractivity contribution in [1.82, 2.24) is 4.90 Å². The molecule has 0 aliphatic rings. The summed E-state index contributed by atoms with van der Waals surface area (Å²) in [5.41, 5.74) is 7.03. The molecule has 0 radical (unpaired) electrons. The van der Waals surface area contributed by atoms with E-state index in [0.29, 0.717) is 6.54 Å². The van der Waals surface area contributed by atoms with E-state index >= 15 is 0 Å². The van der Waals surface area contributed by atoms with Crippen molar-refractivity contribution in [1.29, 1.82) is 0 Å². The topological polar surface area (TPSA) is 38.5 Å². The summed E-state index contributed by atoms with van der Waals surface area (Å²) >= 11 is 3.51. The van der Waals surface area contributed by atoms with Crippen LogP contribution in [-0.2, 0) is 6.54 Å². The van der Waals surface area contributed by atoms with Gasteiger partial charge in [-0.1, -0.05) is 6.07 Å². The van der Waals surface area contributed by atoms with Gasteiger partial charge in [0.15, 0.2) is 0 Å². The molecule has 0 fully saturated rings. The standard InChI is InChI=1S/C14H23BrN2O/c1-14(2,7-8-16)17(3)10-11-5-6-13(18-4)12(15)9-11/h5-6,9H,7-8,10,16H2,1-4H3. The molecule has 1 aromatic carbocycles. The lowest BCUT2D eigenvalue weighted by Gasteiger charge is -2.35. The number of methoxy groups -OCH3 is 1. The van der Waals surface area contributed by atoms with Crippen LogP contribution in [0.3, 0.4) is 0 Å². The smallest absolute Gasteiger partial charge is 0.133 e. The molecular weight excluding hydrogens is 292 g/mol. The number of nitrogens with two attached hydrogens (primary N) is 1. The van der Waals surface area contributed by atoms with E-state index < -0.39 is 0 Å². The summed E-state index contributed by atoms with van der Waals surface area (Å²) < 4.78 is 6.23. The first-order valence-electron chi connectivity index (χ1n) is 6.14. The highest BCUT2D eigenvalue weighted by Crippen LogP contribution is 2.27. The fourth-order valence-electron chi connectivity index (χ4n) is 1.84. The average Bonchev–Trinajstić information content (AvgIpc) is 2.29. The summed E-state index contributed by atoms with van der Waals surface area (Å²) in [6, 6.07) is 6.19. The highest BCUT2D eigenvalue weighted by Gasteiger charge is 2.22. The predicted molar refractivity (Wildman–Crippen MR) is 79.9 cm³/mol. The third-order valence-corrected chi connectivity index (χ3v) is 4.05. The van der Waals surface area contributed by atoms with E-state index in [4.69, 9.17) is 10.5 Å². The Labute approximate surface area is 118 Å². The molecule has 4 heteroatoms. The van der Waals surface area contributed by atoms with E-state index in [-0.39, 0.29) is 5.54 Å². The summed E-state index contributed by atoms with van der Waals surface area (Å²) in [4.78, 5) is 2.33. The van der Waals surface area contributed by atoms with E-state index in [1.54, 1.807) is 7.11 Å². The van der Waals surface area contributed by atoms with Gasteiger partial charge in [0, 0.05) is 12.1 Å². The lowest BCUT2D eigenvalue weighted by Crippen LogP contribution is -2.42. The molecule has 0 aromatic heterocycles. The lowest BCUT2D eigenvalue weighted by molar-refractivity contribution is 0.140. The van der Waals surface area contributed by atoms with Crippen molar-refractivity contribution in [2.24, 2.45) is 5.73 Å². The van der Waals surface area contributed by atoms with E-state index in [0.717, 1.165) is 23.2 Å². The molecule has 0 bridgehead atoms.